The summed E-state index contributed by atoms with van der Waals surface area (Å²) in [5.74, 6) is -0.233. The second kappa shape index (κ2) is 7.25. The standard InChI is InChI=1S/C18H20FN5S/c1-13-6-4-9-17(14(13)2)24-18(25)23(20-21-24)12-22(3)11-15-7-5-8-16(19)10-15/h4-10H,11-12H2,1-3H3. The van der Waals surface area contributed by atoms with Gasteiger partial charge in [-0.3, -0.25) is 4.90 Å². The van der Waals surface area contributed by atoms with Crippen molar-refractivity contribution < 1.29 is 4.39 Å². The molecule has 2 aromatic carbocycles. The monoisotopic (exact) mass is 357 g/mol. The predicted octanol–water partition coefficient (Wildman–Crippen LogP) is 3.64. The van der Waals surface area contributed by atoms with Crippen LogP contribution in [0.1, 0.15) is 16.7 Å². The highest BCUT2D eigenvalue weighted by Gasteiger charge is 2.11. The normalized spacial score (nSPS) is 11.2. The number of aromatic nitrogens is 4. The zero-order valence-corrected chi connectivity index (χ0v) is 15.3. The molecule has 1 heterocycles. The molecule has 0 unspecified atom stereocenters. The molecule has 5 nitrogen and oxygen atoms in total. The average Bonchev–Trinajstić information content (AvgIpc) is 2.91. The predicted molar refractivity (Wildman–Crippen MR) is 97.5 cm³/mol. The van der Waals surface area contributed by atoms with Gasteiger partial charge in [0.25, 0.3) is 0 Å². The van der Waals surface area contributed by atoms with E-state index in [0.717, 1.165) is 16.8 Å². The van der Waals surface area contributed by atoms with Gasteiger partial charge in [0, 0.05) is 6.54 Å². The Balaban J connectivity index is 1.79. The molecule has 0 saturated carbocycles. The van der Waals surface area contributed by atoms with Crippen molar-refractivity contribution in [1.29, 1.82) is 0 Å². The zero-order valence-electron chi connectivity index (χ0n) is 14.5. The maximum atomic E-state index is 13.3. The van der Waals surface area contributed by atoms with Gasteiger partial charge in [-0.1, -0.05) is 24.3 Å². The Labute approximate surface area is 151 Å². The molecule has 0 saturated heterocycles. The molecule has 0 radical (unpaired) electrons. The molecule has 0 fully saturated rings. The topological polar surface area (TPSA) is 38.9 Å². The van der Waals surface area contributed by atoms with Crippen LogP contribution < -0.4 is 0 Å². The lowest BCUT2D eigenvalue weighted by Crippen LogP contribution is -2.22. The van der Waals surface area contributed by atoms with E-state index < -0.39 is 0 Å². The number of rotatable bonds is 5. The Bertz CT molecular complexity index is 947. The maximum absolute atomic E-state index is 13.3. The lowest BCUT2D eigenvalue weighted by Gasteiger charge is -2.16. The molecule has 7 heteroatoms. The van der Waals surface area contributed by atoms with Gasteiger partial charge in [-0.2, -0.15) is 4.68 Å². The molecular formula is C18H20FN5S. The molecule has 0 aliphatic heterocycles. The first-order valence-electron chi connectivity index (χ1n) is 7.98. The van der Waals surface area contributed by atoms with Crippen molar-refractivity contribution in [2.24, 2.45) is 0 Å². The number of hydrogen-bond donors (Lipinski definition) is 0. The fourth-order valence-electron chi connectivity index (χ4n) is 2.70. The number of halogens is 1. The first-order chi connectivity index (χ1) is 12.0. The zero-order chi connectivity index (χ0) is 18.0. The van der Waals surface area contributed by atoms with Gasteiger partial charge in [-0.05, 0) is 78.4 Å². The van der Waals surface area contributed by atoms with E-state index in [1.54, 1.807) is 15.4 Å². The number of benzene rings is 2. The van der Waals surface area contributed by atoms with Gasteiger partial charge >= 0.3 is 0 Å². The van der Waals surface area contributed by atoms with Gasteiger partial charge in [0.05, 0.1) is 12.4 Å². The number of aryl methyl sites for hydroxylation is 1. The highest BCUT2D eigenvalue weighted by atomic mass is 32.1. The van der Waals surface area contributed by atoms with E-state index in [-0.39, 0.29) is 5.82 Å². The molecule has 0 amide bonds. The first kappa shape index (κ1) is 17.4. The van der Waals surface area contributed by atoms with Crippen molar-refractivity contribution in [3.63, 3.8) is 0 Å². The van der Waals surface area contributed by atoms with Crippen LogP contribution in [0.15, 0.2) is 42.5 Å². The van der Waals surface area contributed by atoms with Crippen LogP contribution in [-0.2, 0) is 13.2 Å². The van der Waals surface area contributed by atoms with Crippen LogP contribution in [0.3, 0.4) is 0 Å². The van der Waals surface area contributed by atoms with Gasteiger partial charge in [0.1, 0.15) is 5.82 Å². The van der Waals surface area contributed by atoms with E-state index in [1.807, 2.05) is 37.1 Å². The van der Waals surface area contributed by atoms with E-state index in [2.05, 4.69) is 23.4 Å². The Kier molecular flexibility index (Phi) is 5.06. The molecule has 130 valence electrons. The van der Waals surface area contributed by atoms with Gasteiger partial charge in [0.2, 0.25) is 4.77 Å². The Morgan fingerprint density at radius 3 is 2.64 bits per heavy atom. The van der Waals surface area contributed by atoms with Crippen molar-refractivity contribution in [2.75, 3.05) is 7.05 Å². The third-order valence-electron chi connectivity index (χ3n) is 4.16. The number of nitrogens with zero attached hydrogens (tertiary/aromatic N) is 5. The van der Waals surface area contributed by atoms with Gasteiger partial charge in [-0.15, -0.1) is 0 Å². The number of hydrogen-bond acceptors (Lipinski definition) is 4. The maximum Gasteiger partial charge on any atom is 0.221 e. The van der Waals surface area contributed by atoms with Crippen molar-refractivity contribution in [3.05, 3.63) is 69.7 Å². The third kappa shape index (κ3) is 3.83. The summed E-state index contributed by atoms with van der Waals surface area (Å²) in [6.07, 6.45) is 0. The summed E-state index contributed by atoms with van der Waals surface area (Å²) in [5.41, 5.74) is 4.14. The molecule has 0 atom stereocenters. The molecule has 25 heavy (non-hydrogen) atoms. The van der Waals surface area contributed by atoms with Gasteiger partial charge in [-0.25, -0.2) is 9.07 Å². The largest absolute Gasteiger partial charge is 0.283 e. The van der Waals surface area contributed by atoms with E-state index in [9.17, 15) is 4.39 Å². The van der Waals surface area contributed by atoms with Crippen LogP contribution in [0.2, 0.25) is 0 Å². The second-order valence-electron chi connectivity index (χ2n) is 6.18. The third-order valence-corrected chi connectivity index (χ3v) is 4.54. The van der Waals surface area contributed by atoms with Crippen LogP contribution in [0.25, 0.3) is 5.69 Å². The SMILES string of the molecule is Cc1cccc(-n2nnn(CN(C)Cc3cccc(F)c3)c2=S)c1C. The molecule has 0 spiro atoms. The smallest absolute Gasteiger partial charge is 0.221 e. The summed E-state index contributed by atoms with van der Waals surface area (Å²) in [5, 5.41) is 8.37. The molecule has 0 bridgehead atoms. The Morgan fingerprint density at radius 2 is 1.88 bits per heavy atom. The minimum atomic E-state index is -0.233. The number of tetrazole rings is 1. The lowest BCUT2D eigenvalue weighted by atomic mass is 10.1. The van der Waals surface area contributed by atoms with Crippen LogP contribution in [0.5, 0.6) is 0 Å². The van der Waals surface area contributed by atoms with Crippen molar-refractivity contribution >= 4 is 12.2 Å². The average molecular weight is 357 g/mol. The van der Waals surface area contributed by atoms with Gasteiger partial charge in [0.15, 0.2) is 0 Å². The van der Waals surface area contributed by atoms with E-state index in [0.29, 0.717) is 18.0 Å². The summed E-state index contributed by atoms with van der Waals surface area (Å²) in [7, 11) is 1.93. The molecule has 3 rings (SSSR count). The summed E-state index contributed by atoms with van der Waals surface area (Å²) < 4.78 is 17.2. The van der Waals surface area contributed by atoms with Gasteiger partial charge < -0.3 is 0 Å². The molecule has 0 aliphatic carbocycles. The van der Waals surface area contributed by atoms with Crippen LogP contribution in [0.4, 0.5) is 4.39 Å². The molecule has 3 aromatic rings. The van der Waals surface area contributed by atoms with Crippen molar-refractivity contribution in [2.45, 2.75) is 27.1 Å². The summed E-state index contributed by atoms with van der Waals surface area (Å²) in [6, 6.07) is 12.6. The minimum Gasteiger partial charge on any atom is -0.283 e. The van der Waals surface area contributed by atoms with Crippen molar-refractivity contribution in [1.82, 2.24) is 24.7 Å². The second-order valence-corrected chi connectivity index (χ2v) is 6.54. The van der Waals surface area contributed by atoms with E-state index in [4.69, 9.17) is 12.2 Å². The molecular weight excluding hydrogens is 337 g/mol. The quantitative estimate of drug-likeness (QED) is 0.654. The van der Waals surface area contributed by atoms with Crippen LogP contribution >= 0.6 is 12.2 Å². The van der Waals surface area contributed by atoms with Crippen molar-refractivity contribution in [3.8, 4) is 5.69 Å². The fraction of sp³-hybridized carbons (Fsp3) is 0.278. The summed E-state index contributed by atoms with van der Waals surface area (Å²) in [6.45, 7) is 5.16. The highest BCUT2D eigenvalue weighted by molar-refractivity contribution is 7.71. The fourth-order valence-corrected chi connectivity index (χ4v) is 2.93. The summed E-state index contributed by atoms with van der Waals surface area (Å²) in [4.78, 5) is 2.01. The summed E-state index contributed by atoms with van der Waals surface area (Å²) >= 11 is 5.53. The Hall–Kier alpha value is -2.38. The molecule has 0 N–H and O–H groups in total. The highest BCUT2D eigenvalue weighted by Crippen LogP contribution is 2.17. The molecule has 1 aromatic heterocycles. The minimum absolute atomic E-state index is 0.233. The van der Waals surface area contributed by atoms with E-state index >= 15 is 0 Å². The first-order valence-corrected chi connectivity index (χ1v) is 8.39. The molecule has 0 aliphatic rings. The Morgan fingerprint density at radius 1 is 1.12 bits per heavy atom. The van der Waals surface area contributed by atoms with E-state index in [1.165, 1.54) is 17.7 Å². The lowest BCUT2D eigenvalue weighted by molar-refractivity contribution is 0.241. The van der Waals surface area contributed by atoms with Crippen LogP contribution in [-0.4, -0.2) is 31.7 Å². The van der Waals surface area contributed by atoms with Crippen LogP contribution in [0, 0.1) is 24.4 Å².